The van der Waals surface area contributed by atoms with Crippen molar-refractivity contribution in [3.8, 4) is 17.4 Å². The highest BCUT2D eigenvalue weighted by atomic mass is 16.5. The Morgan fingerprint density at radius 2 is 1.74 bits per heavy atom. The van der Waals surface area contributed by atoms with Crippen LogP contribution < -0.4 is 9.47 Å². The van der Waals surface area contributed by atoms with Gasteiger partial charge in [0.05, 0.1) is 19.8 Å². The highest BCUT2D eigenvalue weighted by Gasteiger charge is 2.23. The molecule has 2 aliphatic heterocycles. The summed E-state index contributed by atoms with van der Waals surface area (Å²) in [6.45, 7) is 7.55. The van der Waals surface area contributed by atoms with Gasteiger partial charge in [-0.2, -0.15) is 0 Å². The number of aromatic nitrogens is 1. The fourth-order valence-corrected chi connectivity index (χ4v) is 4.55. The first-order valence-electron chi connectivity index (χ1n) is 12.8. The molecule has 2 aromatic rings. The van der Waals surface area contributed by atoms with Crippen LogP contribution in [-0.2, 0) is 16.1 Å². The van der Waals surface area contributed by atoms with E-state index in [0.717, 1.165) is 82.9 Å². The summed E-state index contributed by atoms with van der Waals surface area (Å²) in [7, 11) is 1.73. The summed E-state index contributed by atoms with van der Waals surface area (Å²) in [5, 5.41) is 0. The fraction of sp³-hybridized carbons (Fsp3) is 0.556. The van der Waals surface area contributed by atoms with Gasteiger partial charge in [-0.1, -0.05) is 31.0 Å². The number of hydrogen-bond donors (Lipinski definition) is 0. The maximum atomic E-state index is 13.2. The summed E-state index contributed by atoms with van der Waals surface area (Å²) in [5.74, 6) is 2.16. The lowest BCUT2D eigenvalue weighted by atomic mass is 10.1. The molecule has 0 saturated carbocycles. The van der Waals surface area contributed by atoms with E-state index in [9.17, 15) is 4.79 Å². The van der Waals surface area contributed by atoms with Crippen molar-refractivity contribution in [2.24, 2.45) is 0 Å². The number of pyridine rings is 1. The largest absolute Gasteiger partial charge is 0.490 e. The van der Waals surface area contributed by atoms with Crippen LogP contribution in [0.2, 0.25) is 0 Å². The first-order chi connectivity index (χ1) is 17.2. The Morgan fingerprint density at radius 1 is 0.943 bits per heavy atom. The van der Waals surface area contributed by atoms with Crippen molar-refractivity contribution in [2.45, 2.75) is 32.2 Å². The van der Waals surface area contributed by atoms with E-state index >= 15 is 0 Å². The van der Waals surface area contributed by atoms with Crippen molar-refractivity contribution in [3.05, 3.63) is 48.2 Å². The molecule has 1 aromatic carbocycles. The minimum Gasteiger partial charge on any atom is -0.490 e. The lowest BCUT2D eigenvalue weighted by molar-refractivity contribution is -0.134. The fourth-order valence-electron chi connectivity index (χ4n) is 4.55. The summed E-state index contributed by atoms with van der Waals surface area (Å²) in [4.78, 5) is 24.3. The van der Waals surface area contributed by atoms with E-state index in [4.69, 9.17) is 14.2 Å². The van der Waals surface area contributed by atoms with E-state index in [1.807, 2.05) is 41.3 Å². The Balaban J connectivity index is 1.44. The van der Waals surface area contributed by atoms with Crippen LogP contribution in [0, 0.1) is 0 Å². The Labute approximate surface area is 208 Å². The summed E-state index contributed by atoms with van der Waals surface area (Å²) in [6, 6.07) is 11.7. The van der Waals surface area contributed by atoms with Crippen molar-refractivity contribution >= 4 is 5.91 Å². The van der Waals surface area contributed by atoms with Crippen LogP contribution in [-0.4, -0.2) is 91.7 Å². The summed E-state index contributed by atoms with van der Waals surface area (Å²) < 4.78 is 17.4. The van der Waals surface area contributed by atoms with Gasteiger partial charge in [0.2, 0.25) is 11.8 Å². The monoisotopic (exact) mass is 482 g/mol. The summed E-state index contributed by atoms with van der Waals surface area (Å²) in [6.07, 6.45) is 6.00. The topological polar surface area (TPSA) is 67.4 Å². The first-order valence-corrected chi connectivity index (χ1v) is 12.8. The van der Waals surface area contributed by atoms with Gasteiger partial charge in [-0.15, -0.1) is 0 Å². The molecule has 0 radical (unpaired) electrons. The number of benzene rings is 1. The predicted molar refractivity (Wildman–Crippen MR) is 135 cm³/mol. The zero-order valence-corrected chi connectivity index (χ0v) is 20.9. The minimum absolute atomic E-state index is 0.197. The van der Waals surface area contributed by atoms with Gasteiger partial charge in [0.25, 0.3) is 0 Å². The number of fused-ring (bicyclic) bond motifs is 2. The number of carbonyl (C=O) groups is 1. The molecule has 1 amide bonds. The van der Waals surface area contributed by atoms with Gasteiger partial charge in [0, 0.05) is 58.1 Å². The van der Waals surface area contributed by atoms with Crippen LogP contribution in [0.25, 0.3) is 0 Å². The number of carbonyl (C=O) groups excluding carboxylic acids is 1. The maximum absolute atomic E-state index is 13.2. The Morgan fingerprint density at radius 3 is 2.57 bits per heavy atom. The Bertz CT molecular complexity index is 933. The molecule has 2 aliphatic rings. The third-order valence-corrected chi connectivity index (χ3v) is 6.62. The van der Waals surface area contributed by atoms with Crippen LogP contribution in [0.1, 0.15) is 31.2 Å². The standard InChI is InChI=1S/C27H38N4O4/c1-33-20-18-29-14-16-31(17-15-29)26(32)22-30-13-6-2-3-7-19-34-24-10-4-5-11-25(24)35-27-23(21-30)9-8-12-28-27/h4-5,8-12H,2-3,6-7,13-22H2,1H3. The van der Waals surface area contributed by atoms with Crippen molar-refractivity contribution in [3.63, 3.8) is 0 Å². The van der Waals surface area contributed by atoms with Gasteiger partial charge in [0.15, 0.2) is 11.5 Å². The molecule has 0 aliphatic carbocycles. The molecule has 0 unspecified atom stereocenters. The molecule has 8 heteroatoms. The lowest BCUT2D eigenvalue weighted by Crippen LogP contribution is -2.51. The molecular formula is C27H38N4O4. The van der Waals surface area contributed by atoms with Gasteiger partial charge in [-0.3, -0.25) is 14.6 Å². The number of rotatable bonds is 5. The Kier molecular flexibility index (Phi) is 9.74. The maximum Gasteiger partial charge on any atom is 0.236 e. The summed E-state index contributed by atoms with van der Waals surface area (Å²) >= 11 is 0. The number of methoxy groups -OCH3 is 1. The molecule has 1 saturated heterocycles. The molecule has 3 heterocycles. The SMILES string of the molecule is COCCN1CCN(C(=O)CN2CCCCCCOc3ccccc3Oc3ncccc3C2)CC1. The van der Waals surface area contributed by atoms with E-state index in [1.165, 1.54) is 0 Å². The van der Waals surface area contributed by atoms with E-state index in [0.29, 0.717) is 31.3 Å². The van der Waals surface area contributed by atoms with Crippen LogP contribution >= 0.6 is 0 Å². The molecule has 0 spiro atoms. The van der Waals surface area contributed by atoms with Gasteiger partial charge in [-0.05, 0) is 37.6 Å². The average molecular weight is 483 g/mol. The van der Waals surface area contributed by atoms with Crippen molar-refractivity contribution in [1.29, 1.82) is 0 Å². The lowest BCUT2D eigenvalue weighted by Gasteiger charge is -2.35. The molecule has 1 aromatic heterocycles. The van der Waals surface area contributed by atoms with Crippen LogP contribution in [0.3, 0.4) is 0 Å². The van der Waals surface area contributed by atoms with Gasteiger partial charge >= 0.3 is 0 Å². The highest BCUT2D eigenvalue weighted by Crippen LogP contribution is 2.32. The molecule has 8 nitrogen and oxygen atoms in total. The second-order valence-electron chi connectivity index (χ2n) is 9.21. The quantitative estimate of drug-likeness (QED) is 0.647. The molecule has 0 bridgehead atoms. The number of nitrogens with zero attached hydrogens (tertiary/aromatic N) is 4. The zero-order chi connectivity index (χ0) is 24.3. The van der Waals surface area contributed by atoms with E-state index in [1.54, 1.807) is 13.3 Å². The first kappa shape index (κ1) is 25.4. The van der Waals surface area contributed by atoms with Crippen molar-refractivity contribution in [2.75, 3.05) is 66.1 Å². The van der Waals surface area contributed by atoms with Crippen molar-refractivity contribution in [1.82, 2.24) is 19.7 Å². The number of ether oxygens (including phenoxy) is 3. The third kappa shape index (κ3) is 7.65. The van der Waals surface area contributed by atoms with Crippen LogP contribution in [0.4, 0.5) is 0 Å². The molecule has 4 rings (SSSR count). The average Bonchev–Trinajstić information content (AvgIpc) is 2.88. The van der Waals surface area contributed by atoms with E-state index in [-0.39, 0.29) is 5.91 Å². The predicted octanol–water partition coefficient (Wildman–Crippen LogP) is 3.42. The van der Waals surface area contributed by atoms with Crippen LogP contribution in [0.5, 0.6) is 17.4 Å². The van der Waals surface area contributed by atoms with E-state index < -0.39 is 0 Å². The highest BCUT2D eigenvalue weighted by molar-refractivity contribution is 5.78. The minimum atomic E-state index is 0.197. The summed E-state index contributed by atoms with van der Waals surface area (Å²) in [5.41, 5.74) is 0.969. The number of piperazine rings is 1. The molecule has 1 fully saturated rings. The Hall–Kier alpha value is -2.68. The number of amides is 1. The molecule has 190 valence electrons. The van der Waals surface area contributed by atoms with Crippen LogP contribution in [0.15, 0.2) is 42.6 Å². The number of hydrogen-bond acceptors (Lipinski definition) is 7. The molecular weight excluding hydrogens is 444 g/mol. The van der Waals surface area contributed by atoms with E-state index in [2.05, 4.69) is 14.8 Å². The smallest absolute Gasteiger partial charge is 0.236 e. The molecule has 0 atom stereocenters. The van der Waals surface area contributed by atoms with Gasteiger partial charge < -0.3 is 19.1 Å². The second kappa shape index (κ2) is 13.4. The van der Waals surface area contributed by atoms with Gasteiger partial charge in [-0.25, -0.2) is 4.98 Å². The normalized spacial score (nSPS) is 18.5. The van der Waals surface area contributed by atoms with Gasteiger partial charge in [0.1, 0.15) is 0 Å². The third-order valence-electron chi connectivity index (χ3n) is 6.62. The zero-order valence-electron chi connectivity index (χ0n) is 20.9. The second-order valence-corrected chi connectivity index (χ2v) is 9.21. The molecule has 35 heavy (non-hydrogen) atoms. The number of para-hydroxylation sites is 2. The molecule has 0 N–H and O–H groups in total. The van der Waals surface area contributed by atoms with Crippen molar-refractivity contribution < 1.29 is 19.0 Å².